The largest absolute Gasteiger partial charge is 0.463 e. The zero-order chi connectivity index (χ0) is 8.97. The van der Waals surface area contributed by atoms with Crippen molar-refractivity contribution in [3.8, 4) is 0 Å². The van der Waals surface area contributed by atoms with Gasteiger partial charge in [-0.3, -0.25) is 4.79 Å². The fourth-order valence-corrected chi connectivity index (χ4v) is 1.81. The molecule has 1 rings (SSSR count). The standard InChI is InChI=1S/C8H13BrO3/c1-6(10)11-5-7-3-2-4-8(9)12-7/h7-8H,2-5H2,1H3/t7-,8+/m1/s1. The van der Waals surface area contributed by atoms with Crippen molar-refractivity contribution in [2.75, 3.05) is 6.61 Å². The predicted octanol–water partition coefficient (Wildman–Crippen LogP) is 1.84. The summed E-state index contributed by atoms with van der Waals surface area (Å²) in [5, 5.41) is 0.131. The van der Waals surface area contributed by atoms with E-state index in [2.05, 4.69) is 15.9 Å². The molecule has 0 saturated carbocycles. The molecule has 0 amide bonds. The van der Waals surface area contributed by atoms with Gasteiger partial charge >= 0.3 is 5.97 Å². The van der Waals surface area contributed by atoms with Crippen LogP contribution in [0.25, 0.3) is 0 Å². The summed E-state index contributed by atoms with van der Waals surface area (Å²) in [6.45, 7) is 1.80. The second kappa shape index (κ2) is 4.82. The van der Waals surface area contributed by atoms with Crippen molar-refractivity contribution in [1.82, 2.24) is 0 Å². The number of halogens is 1. The minimum atomic E-state index is -0.240. The van der Waals surface area contributed by atoms with Crippen molar-refractivity contribution in [1.29, 1.82) is 0 Å². The number of carbonyl (C=O) groups is 1. The van der Waals surface area contributed by atoms with Gasteiger partial charge in [-0.25, -0.2) is 0 Å². The lowest BCUT2D eigenvalue weighted by molar-refractivity contribution is -0.147. The van der Waals surface area contributed by atoms with Crippen molar-refractivity contribution in [3.05, 3.63) is 0 Å². The lowest BCUT2D eigenvalue weighted by Crippen LogP contribution is -2.28. The van der Waals surface area contributed by atoms with Crippen LogP contribution < -0.4 is 0 Å². The topological polar surface area (TPSA) is 35.5 Å². The van der Waals surface area contributed by atoms with E-state index < -0.39 is 0 Å². The second-order valence-corrected chi connectivity index (χ2v) is 3.92. The maximum absolute atomic E-state index is 10.5. The minimum absolute atomic E-state index is 0.0759. The van der Waals surface area contributed by atoms with Crippen LogP contribution in [-0.4, -0.2) is 23.7 Å². The third-order valence-corrected chi connectivity index (χ3v) is 2.44. The van der Waals surface area contributed by atoms with Crippen molar-refractivity contribution in [2.24, 2.45) is 0 Å². The molecular weight excluding hydrogens is 224 g/mol. The number of alkyl halides is 1. The highest BCUT2D eigenvalue weighted by atomic mass is 79.9. The van der Waals surface area contributed by atoms with Crippen LogP contribution in [0.5, 0.6) is 0 Å². The lowest BCUT2D eigenvalue weighted by Gasteiger charge is -2.25. The molecule has 1 heterocycles. The second-order valence-electron chi connectivity index (χ2n) is 2.90. The Bertz CT molecular complexity index is 160. The Morgan fingerprint density at radius 1 is 1.67 bits per heavy atom. The molecule has 1 aliphatic rings. The van der Waals surface area contributed by atoms with E-state index in [9.17, 15) is 4.79 Å². The van der Waals surface area contributed by atoms with Crippen molar-refractivity contribution in [2.45, 2.75) is 37.3 Å². The summed E-state index contributed by atoms with van der Waals surface area (Å²) in [5.41, 5.74) is 0. The molecule has 0 aromatic carbocycles. The third-order valence-electron chi connectivity index (χ3n) is 1.77. The predicted molar refractivity (Wildman–Crippen MR) is 48.1 cm³/mol. The number of hydrogen-bond donors (Lipinski definition) is 0. The highest BCUT2D eigenvalue weighted by molar-refractivity contribution is 9.09. The molecule has 0 radical (unpaired) electrons. The summed E-state index contributed by atoms with van der Waals surface area (Å²) in [4.78, 5) is 10.5. The zero-order valence-electron chi connectivity index (χ0n) is 7.09. The molecule has 1 aliphatic heterocycles. The van der Waals surface area contributed by atoms with Crippen LogP contribution in [0.15, 0.2) is 0 Å². The first kappa shape index (κ1) is 9.99. The smallest absolute Gasteiger partial charge is 0.302 e. The van der Waals surface area contributed by atoms with E-state index in [1.54, 1.807) is 0 Å². The molecule has 0 spiro atoms. The molecule has 3 nitrogen and oxygen atoms in total. The molecule has 12 heavy (non-hydrogen) atoms. The summed E-state index contributed by atoms with van der Waals surface area (Å²) in [6.07, 6.45) is 3.22. The molecule has 0 aliphatic carbocycles. The third kappa shape index (κ3) is 3.54. The SMILES string of the molecule is CC(=O)OC[C@H]1CCC[C@@H](Br)O1. The zero-order valence-corrected chi connectivity index (χ0v) is 8.67. The Balaban J connectivity index is 2.18. The number of ether oxygens (including phenoxy) is 2. The molecule has 70 valence electrons. The number of esters is 1. The van der Waals surface area contributed by atoms with Crippen LogP contribution in [0.2, 0.25) is 0 Å². The van der Waals surface area contributed by atoms with Crippen LogP contribution in [0.1, 0.15) is 26.2 Å². The number of hydrogen-bond acceptors (Lipinski definition) is 3. The van der Waals surface area contributed by atoms with Gasteiger partial charge < -0.3 is 9.47 Å². The average molecular weight is 237 g/mol. The van der Waals surface area contributed by atoms with E-state index in [4.69, 9.17) is 9.47 Å². The summed E-state index contributed by atoms with van der Waals surface area (Å²) in [7, 11) is 0. The number of carbonyl (C=O) groups excluding carboxylic acids is 1. The first-order chi connectivity index (χ1) is 5.68. The fourth-order valence-electron chi connectivity index (χ4n) is 1.18. The van der Waals surface area contributed by atoms with E-state index in [-0.39, 0.29) is 17.1 Å². The monoisotopic (exact) mass is 236 g/mol. The van der Waals surface area contributed by atoms with Crippen LogP contribution in [0.3, 0.4) is 0 Å². The van der Waals surface area contributed by atoms with Gasteiger partial charge in [0.15, 0.2) is 0 Å². The Morgan fingerprint density at radius 2 is 2.42 bits per heavy atom. The molecule has 0 aromatic heterocycles. The van der Waals surface area contributed by atoms with Crippen molar-refractivity contribution < 1.29 is 14.3 Å². The van der Waals surface area contributed by atoms with Gasteiger partial charge in [-0.05, 0) is 19.3 Å². The van der Waals surface area contributed by atoms with Crippen LogP contribution in [0.4, 0.5) is 0 Å². The summed E-state index contributed by atoms with van der Waals surface area (Å²) >= 11 is 3.37. The number of rotatable bonds is 2. The van der Waals surface area contributed by atoms with E-state index in [0.29, 0.717) is 6.61 Å². The summed E-state index contributed by atoms with van der Waals surface area (Å²) in [5.74, 6) is -0.240. The van der Waals surface area contributed by atoms with Crippen LogP contribution in [-0.2, 0) is 14.3 Å². The van der Waals surface area contributed by atoms with E-state index in [0.717, 1.165) is 19.3 Å². The highest BCUT2D eigenvalue weighted by Gasteiger charge is 2.20. The van der Waals surface area contributed by atoms with Gasteiger partial charge in [0.05, 0.1) is 6.10 Å². The molecule has 1 fully saturated rings. The summed E-state index contributed by atoms with van der Waals surface area (Å²) < 4.78 is 10.3. The first-order valence-electron chi connectivity index (χ1n) is 4.11. The Hall–Kier alpha value is -0.0900. The molecule has 1 saturated heterocycles. The molecule has 0 aromatic rings. The van der Waals surface area contributed by atoms with Gasteiger partial charge in [0.1, 0.15) is 11.6 Å². The van der Waals surface area contributed by atoms with E-state index >= 15 is 0 Å². The first-order valence-corrected chi connectivity index (χ1v) is 5.03. The molecule has 0 bridgehead atoms. The molecule has 4 heteroatoms. The van der Waals surface area contributed by atoms with Crippen LogP contribution >= 0.6 is 15.9 Å². The quantitative estimate of drug-likeness (QED) is 0.543. The Labute approximate surface area is 80.5 Å². The van der Waals surface area contributed by atoms with Gasteiger partial charge in [-0.2, -0.15) is 0 Å². The highest BCUT2D eigenvalue weighted by Crippen LogP contribution is 2.22. The van der Waals surface area contributed by atoms with E-state index in [1.165, 1.54) is 6.92 Å². The van der Waals surface area contributed by atoms with Gasteiger partial charge in [0.25, 0.3) is 0 Å². The lowest BCUT2D eigenvalue weighted by atomic mass is 10.1. The minimum Gasteiger partial charge on any atom is -0.463 e. The van der Waals surface area contributed by atoms with Gasteiger partial charge in [-0.1, -0.05) is 15.9 Å². The van der Waals surface area contributed by atoms with Gasteiger partial charge in [0, 0.05) is 6.92 Å². The molecule has 0 N–H and O–H groups in total. The van der Waals surface area contributed by atoms with Crippen molar-refractivity contribution >= 4 is 21.9 Å². The Kier molecular flexibility index (Phi) is 4.01. The summed E-state index contributed by atoms with van der Waals surface area (Å²) in [6, 6.07) is 0. The maximum Gasteiger partial charge on any atom is 0.302 e. The van der Waals surface area contributed by atoms with E-state index in [1.807, 2.05) is 0 Å². The Morgan fingerprint density at radius 3 is 3.00 bits per heavy atom. The molecule has 2 atom stereocenters. The average Bonchev–Trinajstić information content (AvgIpc) is 2.01. The molecular formula is C8H13BrO3. The van der Waals surface area contributed by atoms with Crippen LogP contribution in [0, 0.1) is 0 Å². The fraction of sp³-hybridized carbons (Fsp3) is 0.875. The normalized spacial score (nSPS) is 29.8. The van der Waals surface area contributed by atoms with Crippen molar-refractivity contribution in [3.63, 3.8) is 0 Å². The van der Waals surface area contributed by atoms with Gasteiger partial charge in [-0.15, -0.1) is 0 Å². The molecule has 0 unspecified atom stereocenters. The maximum atomic E-state index is 10.5. The van der Waals surface area contributed by atoms with Gasteiger partial charge in [0.2, 0.25) is 0 Å².